The van der Waals surface area contributed by atoms with Gasteiger partial charge in [-0.05, 0) is 30.2 Å². The number of benzene rings is 1. The molecule has 6 heteroatoms. The Balaban J connectivity index is 1.63. The molecule has 26 heavy (non-hydrogen) atoms. The number of ether oxygens (including phenoxy) is 1. The highest BCUT2D eigenvalue weighted by Gasteiger charge is 2.16. The quantitative estimate of drug-likeness (QED) is 0.763. The fraction of sp³-hybridized carbons (Fsp3) is 0.400. The van der Waals surface area contributed by atoms with Crippen LogP contribution in [0.2, 0.25) is 0 Å². The fourth-order valence-electron chi connectivity index (χ4n) is 3.30. The number of nitrogens with zero attached hydrogens (tertiary/aromatic N) is 3. The average Bonchev–Trinajstić information content (AvgIpc) is 2.67. The van der Waals surface area contributed by atoms with Crippen LogP contribution in [0.1, 0.15) is 5.56 Å². The van der Waals surface area contributed by atoms with Crippen molar-refractivity contribution in [1.29, 1.82) is 0 Å². The summed E-state index contributed by atoms with van der Waals surface area (Å²) in [4.78, 5) is 19.6. The summed E-state index contributed by atoms with van der Waals surface area (Å²) in [6, 6.07) is 11.8. The maximum atomic E-state index is 10.6. The molecule has 0 unspecified atom stereocenters. The normalized spacial score (nSPS) is 15.7. The van der Waals surface area contributed by atoms with Gasteiger partial charge in [0, 0.05) is 38.3 Å². The number of piperazine rings is 1. The van der Waals surface area contributed by atoms with Crippen LogP contribution in [0.3, 0.4) is 0 Å². The molecule has 0 radical (unpaired) electrons. The summed E-state index contributed by atoms with van der Waals surface area (Å²) >= 11 is 0. The van der Waals surface area contributed by atoms with E-state index in [1.807, 2.05) is 18.2 Å². The van der Waals surface area contributed by atoms with E-state index in [9.17, 15) is 4.79 Å². The molecule has 3 rings (SSSR count). The van der Waals surface area contributed by atoms with Gasteiger partial charge in [0.1, 0.15) is 17.9 Å². The predicted octanol–water partition coefficient (Wildman–Crippen LogP) is 1.70. The molecular formula is C20H26N4O2. The number of methoxy groups -OCH3 is 1. The van der Waals surface area contributed by atoms with E-state index in [1.54, 1.807) is 13.2 Å². The van der Waals surface area contributed by atoms with Crippen LogP contribution in [-0.4, -0.2) is 67.4 Å². The van der Waals surface area contributed by atoms with Crippen molar-refractivity contribution in [2.24, 2.45) is 0 Å². The molecule has 1 aliphatic rings. The molecule has 6 nitrogen and oxygen atoms in total. The Morgan fingerprint density at radius 1 is 1.15 bits per heavy atom. The summed E-state index contributed by atoms with van der Waals surface area (Å²) in [6.45, 7) is 5.44. The SMILES string of the molecule is COc1cc(-c2cccc(N)n2)ccc1CCN1CCN(CC=O)CC1. The van der Waals surface area contributed by atoms with Gasteiger partial charge in [-0.25, -0.2) is 4.98 Å². The predicted molar refractivity (Wildman–Crippen MR) is 103 cm³/mol. The van der Waals surface area contributed by atoms with Gasteiger partial charge in [0.25, 0.3) is 0 Å². The van der Waals surface area contributed by atoms with Gasteiger partial charge in [-0.2, -0.15) is 0 Å². The van der Waals surface area contributed by atoms with Gasteiger partial charge in [-0.1, -0.05) is 18.2 Å². The number of hydrogen-bond acceptors (Lipinski definition) is 6. The van der Waals surface area contributed by atoms with Crippen LogP contribution in [0.5, 0.6) is 5.75 Å². The minimum atomic E-state index is 0.513. The molecule has 1 fully saturated rings. The number of rotatable bonds is 7. The molecule has 0 spiro atoms. The first-order chi connectivity index (χ1) is 12.7. The van der Waals surface area contributed by atoms with Crippen LogP contribution in [0.15, 0.2) is 36.4 Å². The first-order valence-electron chi connectivity index (χ1n) is 8.98. The van der Waals surface area contributed by atoms with Crippen LogP contribution in [0.25, 0.3) is 11.3 Å². The minimum absolute atomic E-state index is 0.513. The number of aromatic nitrogens is 1. The lowest BCUT2D eigenvalue weighted by atomic mass is 10.0. The summed E-state index contributed by atoms with van der Waals surface area (Å²) < 4.78 is 5.60. The topological polar surface area (TPSA) is 71.7 Å². The second kappa shape index (κ2) is 8.78. The van der Waals surface area contributed by atoms with Gasteiger partial charge in [-0.3, -0.25) is 4.90 Å². The third kappa shape index (κ3) is 4.59. The maximum Gasteiger partial charge on any atom is 0.133 e. The van der Waals surface area contributed by atoms with E-state index >= 15 is 0 Å². The Labute approximate surface area is 154 Å². The van der Waals surface area contributed by atoms with Crippen LogP contribution in [0.4, 0.5) is 5.82 Å². The lowest BCUT2D eigenvalue weighted by Gasteiger charge is -2.33. The lowest BCUT2D eigenvalue weighted by molar-refractivity contribution is -0.109. The molecule has 1 aliphatic heterocycles. The van der Waals surface area contributed by atoms with Crippen molar-refractivity contribution < 1.29 is 9.53 Å². The molecular weight excluding hydrogens is 328 g/mol. The van der Waals surface area contributed by atoms with E-state index in [4.69, 9.17) is 10.5 Å². The highest BCUT2D eigenvalue weighted by atomic mass is 16.5. The average molecular weight is 354 g/mol. The Hall–Kier alpha value is -2.44. The number of anilines is 1. The minimum Gasteiger partial charge on any atom is -0.496 e. The fourth-order valence-corrected chi connectivity index (χ4v) is 3.30. The third-order valence-corrected chi connectivity index (χ3v) is 4.85. The first-order valence-corrected chi connectivity index (χ1v) is 8.98. The van der Waals surface area contributed by atoms with Gasteiger partial charge >= 0.3 is 0 Å². The van der Waals surface area contributed by atoms with E-state index < -0.39 is 0 Å². The van der Waals surface area contributed by atoms with Crippen molar-refractivity contribution in [2.45, 2.75) is 6.42 Å². The van der Waals surface area contributed by atoms with E-state index in [0.717, 1.165) is 62.4 Å². The second-order valence-corrected chi connectivity index (χ2v) is 6.53. The zero-order valence-electron chi connectivity index (χ0n) is 15.2. The van der Waals surface area contributed by atoms with E-state index in [0.29, 0.717) is 12.4 Å². The largest absolute Gasteiger partial charge is 0.496 e. The van der Waals surface area contributed by atoms with E-state index in [2.05, 4.69) is 26.9 Å². The van der Waals surface area contributed by atoms with Crippen LogP contribution in [0, 0.1) is 0 Å². The van der Waals surface area contributed by atoms with Crippen molar-refractivity contribution in [2.75, 3.05) is 52.1 Å². The standard InChI is InChI=1S/C20H26N4O2/c1-26-19-15-17(18-3-2-4-20(21)22-18)6-5-16(19)7-8-23-9-11-24(12-10-23)13-14-25/h2-6,14-15H,7-13H2,1H3,(H2,21,22). The van der Waals surface area contributed by atoms with E-state index in [1.165, 1.54) is 5.56 Å². The van der Waals surface area contributed by atoms with Crippen molar-refractivity contribution in [3.05, 3.63) is 42.0 Å². The summed E-state index contributed by atoms with van der Waals surface area (Å²) in [6.07, 6.45) is 1.92. The van der Waals surface area contributed by atoms with Gasteiger partial charge in [0.05, 0.1) is 19.3 Å². The molecule has 2 N–H and O–H groups in total. The highest BCUT2D eigenvalue weighted by molar-refractivity contribution is 5.64. The maximum absolute atomic E-state index is 10.6. The molecule has 138 valence electrons. The molecule has 0 amide bonds. The number of carbonyl (C=O) groups excluding carboxylic acids is 1. The van der Waals surface area contributed by atoms with E-state index in [-0.39, 0.29) is 0 Å². The Morgan fingerprint density at radius 3 is 2.62 bits per heavy atom. The lowest BCUT2D eigenvalue weighted by Crippen LogP contribution is -2.47. The zero-order chi connectivity index (χ0) is 18.4. The van der Waals surface area contributed by atoms with Crippen molar-refractivity contribution in [1.82, 2.24) is 14.8 Å². The number of nitrogens with two attached hydrogens (primary N) is 1. The molecule has 2 aromatic rings. The van der Waals surface area contributed by atoms with Gasteiger partial charge in [0.15, 0.2) is 0 Å². The number of aldehydes is 1. The van der Waals surface area contributed by atoms with Gasteiger partial charge < -0.3 is 20.2 Å². The smallest absolute Gasteiger partial charge is 0.133 e. The highest BCUT2D eigenvalue weighted by Crippen LogP contribution is 2.27. The van der Waals surface area contributed by atoms with Crippen molar-refractivity contribution >= 4 is 12.1 Å². The molecule has 0 saturated carbocycles. The van der Waals surface area contributed by atoms with Crippen LogP contribution in [-0.2, 0) is 11.2 Å². The molecule has 1 aromatic carbocycles. The van der Waals surface area contributed by atoms with Crippen molar-refractivity contribution in [3.63, 3.8) is 0 Å². The Kier molecular flexibility index (Phi) is 6.20. The number of pyridine rings is 1. The van der Waals surface area contributed by atoms with Crippen LogP contribution < -0.4 is 10.5 Å². The third-order valence-electron chi connectivity index (χ3n) is 4.85. The van der Waals surface area contributed by atoms with Gasteiger partial charge in [0.2, 0.25) is 0 Å². The molecule has 1 saturated heterocycles. The Morgan fingerprint density at radius 2 is 1.92 bits per heavy atom. The summed E-state index contributed by atoms with van der Waals surface area (Å²) in [5.41, 5.74) is 8.82. The molecule has 2 heterocycles. The first kappa shape index (κ1) is 18.4. The van der Waals surface area contributed by atoms with Crippen molar-refractivity contribution in [3.8, 4) is 17.0 Å². The van der Waals surface area contributed by atoms with Crippen LogP contribution >= 0.6 is 0 Å². The number of hydrogen-bond donors (Lipinski definition) is 1. The summed E-state index contributed by atoms with van der Waals surface area (Å²) in [7, 11) is 1.70. The second-order valence-electron chi connectivity index (χ2n) is 6.53. The molecule has 0 bridgehead atoms. The molecule has 0 aliphatic carbocycles. The van der Waals surface area contributed by atoms with Gasteiger partial charge in [-0.15, -0.1) is 0 Å². The monoisotopic (exact) mass is 354 g/mol. The number of nitrogen functional groups attached to an aromatic ring is 1. The Bertz CT molecular complexity index is 742. The number of carbonyl (C=O) groups is 1. The molecule has 1 aromatic heterocycles. The summed E-state index contributed by atoms with van der Waals surface area (Å²) in [5.74, 6) is 1.39. The molecule has 0 atom stereocenters. The summed E-state index contributed by atoms with van der Waals surface area (Å²) in [5, 5.41) is 0. The zero-order valence-corrected chi connectivity index (χ0v) is 15.2.